The van der Waals surface area contributed by atoms with Crippen LogP contribution in [0.15, 0.2) is 30.6 Å². The standard InChI is InChI=1S/C18H22N4S/c1-3-21-9-4-5-14(12-21)18-19-8-10-22(18)15-6-7-16-17(11-15)23-13(2)20-16/h6-8,10-11,14H,3-5,9,12H2,1-2H3/t14-/m1/s1. The number of nitrogens with zero attached hydrogens (tertiary/aromatic N) is 4. The van der Waals surface area contributed by atoms with Gasteiger partial charge in [0, 0.05) is 30.5 Å². The molecule has 0 aliphatic carbocycles. The molecule has 0 unspecified atom stereocenters. The van der Waals surface area contributed by atoms with Gasteiger partial charge in [-0.15, -0.1) is 11.3 Å². The van der Waals surface area contributed by atoms with E-state index in [0.717, 1.165) is 23.6 Å². The van der Waals surface area contributed by atoms with E-state index in [0.29, 0.717) is 5.92 Å². The summed E-state index contributed by atoms with van der Waals surface area (Å²) in [4.78, 5) is 11.8. The second kappa shape index (κ2) is 6.06. The zero-order valence-corrected chi connectivity index (χ0v) is 14.5. The molecule has 0 bridgehead atoms. The predicted molar refractivity (Wildman–Crippen MR) is 95.6 cm³/mol. The number of likely N-dealkylation sites (tertiary alicyclic amines) is 1. The van der Waals surface area contributed by atoms with E-state index in [-0.39, 0.29) is 0 Å². The molecule has 1 atom stereocenters. The first-order valence-corrected chi connectivity index (χ1v) is 9.19. The third-order valence-corrected chi connectivity index (χ3v) is 5.68. The number of hydrogen-bond acceptors (Lipinski definition) is 4. The lowest BCUT2D eigenvalue weighted by atomic mass is 9.97. The number of aromatic nitrogens is 3. The van der Waals surface area contributed by atoms with Gasteiger partial charge in [-0.1, -0.05) is 6.92 Å². The monoisotopic (exact) mass is 326 g/mol. The zero-order chi connectivity index (χ0) is 15.8. The summed E-state index contributed by atoms with van der Waals surface area (Å²) in [5.41, 5.74) is 2.29. The third-order valence-electron chi connectivity index (χ3n) is 4.74. The van der Waals surface area contributed by atoms with Crippen molar-refractivity contribution in [3.8, 4) is 5.69 Å². The molecule has 1 aromatic carbocycles. The number of piperidine rings is 1. The van der Waals surface area contributed by atoms with Crippen LogP contribution in [0.25, 0.3) is 15.9 Å². The van der Waals surface area contributed by atoms with Crippen LogP contribution in [0.3, 0.4) is 0 Å². The van der Waals surface area contributed by atoms with Gasteiger partial charge in [-0.3, -0.25) is 0 Å². The summed E-state index contributed by atoms with van der Waals surface area (Å²) in [5.74, 6) is 1.72. The fourth-order valence-corrected chi connectivity index (χ4v) is 4.43. The van der Waals surface area contributed by atoms with Gasteiger partial charge in [-0.2, -0.15) is 0 Å². The molecule has 0 amide bonds. The van der Waals surface area contributed by atoms with Gasteiger partial charge in [-0.05, 0) is 51.1 Å². The van der Waals surface area contributed by atoms with Crippen molar-refractivity contribution in [3.63, 3.8) is 0 Å². The minimum absolute atomic E-state index is 0.526. The first-order valence-electron chi connectivity index (χ1n) is 8.38. The van der Waals surface area contributed by atoms with Gasteiger partial charge in [0.05, 0.1) is 15.2 Å². The van der Waals surface area contributed by atoms with Gasteiger partial charge in [0.25, 0.3) is 0 Å². The molecule has 0 radical (unpaired) electrons. The van der Waals surface area contributed by atoms with E-state index in [1.165, 1.54) is 35.6 Å². The molecule has 1 aliphatic heterocycles. The molecule has 3 aromatic rings. The highest BCUT2D eigenvalue weighted by molar-refractivity contribution is 7.18. The van der Waals surface area contributed by atoms with Crippen LogP contribution in [0.5, 0.6) is 0 Å². The van der Waals surface area contributed by atoms with Gasteiger partial charge >= 0.3 is 0 Å². The number of rotatable bonds is 3. The Kier molecular flexibility index (Phi) is 3.91. The summed E-state index contributed by atoms with van der Waals surface area (Å²) in [6.07, 6.45) is 6.52. The van der Waals surface area contributed by atoms with Crippen LogP contribution in [0.1, 0.15) is 36.5 Å². The van der Waals surface area contributed by atoms with E-state index in [4.69, 9.17) is 4.98 Å². The predicted octanol–water partition coefficient (Wildman–Crippen LogP) is 3.99. The molecule has 1 saturated heterocycles. The maximum Gasteiger partial charge on any atom is 0.117 e. The minimum atomic E-state index is 0.526. The molecule has 5 heteroatoms. The van der Waals surface area contributed by atoms with Gasteiger partial charge in [0.15, 0.2) is 0 Å². The van der Waals surface area contributed by atoms with Gasteiger partial charge in [0.1, 0.15) is 5.82 Å². The van der Waals surface area contributed by atoms with E-state index >= 15 is 0 Å². The highest BCUT2D eigenvalue weighted by Crippen LogP contribution is 2.29. The van der Waals surface area contributed by atoms with Crippen LogP contribution >= 0.6 is 11.3 Å². The van der Waals surface area contributed by atoms with Crippen molar-refractivity contribution >= 4 is 21.6 Å². The maximum absolute atomic E-state index is 4.69. The summed E-state index contributed by atoms with van der Waals surface area (Å²) in [7, 11) is 0. The van der Waals surface area contributed by atoms with Gasteiger partial charge in [0.2, 0.25) is 0 Å². The Morgan fingerprint density at radius 3 is 3.13 bits per heavy atom. The largest absolute Gasteiger partial charge is 0.303 e. The lowest BCUT2D eigenvalue weighted by Gasteiger charge is -2.31. The Morgan fingerprint density at radius 2 is 2.26 bits per heavy atom. The smallest absolute Gasteiger partial charge is 0.117 e. The normalized spacial score (nSPS) is 19.5. The molecule has 1 fully saturated rings. The van der Waals surface area contributed by atoms with E-state index < -0.39 is 0 Å². The Labute approximate surface area is 140 Å². The number of aryl methyl sites for hydroxylation is 1. The lowest BCUT2D eigenvalue weighted by Crippen LogP contribution is -2.35. The molecule has 1 aliphatic rings. The Morgan fingerprint density at radius 1 is 1.35 bits per heavy atom. The highest BCUT2D eigenvalue weighted by atomic mass is 32.1. The van der Waals surface area contributed by atoms with Gasteiger partial charge in [-0.25, -0.2) is 9.97 Å². The minimum Gasteiger partial charge on any atom is -0.303 e. The van der Waals surface area contributed by atoms with E-state index in [1.807, 2.05) is 6.20 Å². The lowest BCUT2D eigenvalue weighted by molar-refractivity contribution is 0.213. The number of imidazole rings is 1. The SMILES string of the molecule is CCN1CCC[C@@H](c2nccn2-c2ccc3nc(C)sc3c2)C1. The molecule has 2 aromatic heterocycles. The fourth-order valence-electron chi connectivity index (χ4n) is 3.57. The summed E-state index contributed by atoms with van der Waals surface area (Å²) >= 11 is 1.76. The van der Waals surface area contributed by atoms with Crippen molar-refractivity contribution < 1.29 is 0 Å². The molecular formula is C18H22N4S. The summed E-state index contributed by atoms with van der Waals surface area (Å²) in [6, 6.07) is 6.52. The van der Waals surface area contributed by atoms with Crippen LogP contribution in [0, 0.1) is 6.92 Å². The first kappa shape index (κ1) is 14.8. The van der Waals surface area contributed by atoms with Crippen molar-refractivity contribution in [2.45, 2.75) is 32.6 Å². The number of benzene rings is 1. The second-order valence-electron chi connectivity index (χ2n) is 6.27. The van der Waals surface area contributed by atoms with E-state index in [9.17, 15) is 0 Å². The molecule has 23 heavy (non-hydrogen) atoms. The van der Waals surface area contributed by atoms with Gasteiger partial charge < -0.3 is 9.47 Å². The summed E-state index contributed by atoms with van der Waals surface area (Å²) < 4.78 is 3.51. The molecule has 4 rings (SSSR count). The molecule has 0 saturated carbocycles. The number of hydrogen-bond donors (Lipinski definition) is 0. The fraction of sp³-hybridized carbons (Fsp3) is 0.444. The van der Waals surface area contributed by atoms with Crippen molar-refractivity contribution in [2.24, 2.45) is 0 Å². The van der Waals surface area contributed by atoms with Crippen LogP contribution in [0.2, 0.25) is 0 Å². The zero-order valence-electron chi connectivity index (χ0n) is 13.7. The van der Waals surface area contributed by atoms with Crippen molar-refractivity contribution in [2.75, 3.05) is 19.6 Å². The van der Waals surface area contributed by atoms with Crippen molar-refractivity contribution in [1.82, 2.24) is 19.4 Å². The third kappa shape index (κ3) is 2.79. The summed E-state index contributed by atoms with van der Waals surface area (Å²) in [6.45, 7) is 7.78. The molecule has 120 valence electrons. The topological polar surface area (TPSA) is 34.0 Å². The molecule has 4 nitrogen and oxygen atoms in total. The maximum atomic E-state index is 4.69. The number of thiazole rings is 1. The first-order chi connectivity index (χ1) is 11.2. The van der Waals surface area contributed by atoms with Crippen molar-refractivity contribution in [3.05, 3.63) is 41.4 Å². The second-order valence-corrected chi connectivity index (χ2v) is 7.51. The molecule has 0 spiro atoms. The Balaban J connectivity index is 1.70. The number of fused-ring (bicyclic) bond motifs is 1. The molecule has 0 N–H and O–H groups in total. The van der Waals surface area contributed by atoms with E-state index in [2.05, 4.69) is 52.7 Å². The molecular weight excluding hydrogens is 304 g/mol. The highest BCUT2D eigenvalue weighted by Gasteiger charge is 2.24. The number of likely N-dealkylation sites (N-methyl/N-ethyl adjacent to an activating group) is 1. The van der Waals surface area contributed by atoms with Crippen molar-refractivity contribution in [1.29, 1.82) is 0 Å². The van der Waals surface area contributed by atoms with Crippen LogP contribution in [-0.4, -0.2) is 39.1 Å². The Bertz CT molecular complexity index is 819. The van der Waals surface area contributed by atoms with Crippen LogP contribution in [0.4, 0.5) is 0 Å². The average molecular weight is 326 g/mol. The quantitative estimate of drug-likeness (QED) is 0.730. The van der Waals surface area contributed by atoms with Crippen LogP contribution < -0.4 is 0 Å². The molecule has 3 heterocycles. The Hall–Kier alpha value is -1.72. The average Bonchev–Trinajstić information content (AvgIpc) is 3.19. The summed E-state index contributed by atoms with van der Waals surface area (Å²) in [5, 5.41) is 1.12. The van der Waals surface area contributed by atoms with Crippen LogP contribution in [-0.2, 0) is 0 Å². The van der Waals surface area contributed by atoms with E-state index in [1.54, 1.807) is 11.3 Å².